The molecule has 4 aromatic rings. The Morgan fingerprint density at radius 2 is 1.68 bits per heavy atom. The van der Waals surface area contributed by atoms with Crippen molar-refractivity contribution in [1.29, 1.82) is 0 Å². The van der Waals surface area contributed by atoms with Gasteiger partial charge in [0.05, 0.1) is 11.6 Å². The number of phenols is 1. The van der Waals surface area contributed by atoms with Crippen LogP contribution in [-0.2, 0) is 11.3 Å². The fourth-order valence-electron chi connectivity index (χ4n) is 4.52. The van der Waals surface area contributed by atoms with Crippen LogP contribution in [0.1, 0.15) is 48.5 Å². The fraction of sp³-hybridized carbons (Fsp3) is 0.200. The van der Waals surface area contributed by atoms with Gasteiger partial charge in [-0.3, -0.25) is 9.59 Å². The second kappa shape index (κ2) is 9.68. The average Bonchev–Trinajstić information content (AvgIpc) is 3.39. The minimum Gasteiger partial charge on any atom is -0.508 e. The lowest BCUT2D eigenvalue weighted by molar-refractivity contribution is -0.130. The number of furan rings is 1. The molecule has 0 bridgehead atoms. The molecule has 8 heteroatoms. The molecular formula is C30H26BrNO6. The maximum absolute atomic E-state index is 13.7. The zero-order chi connectivity index (χ0) is 27.2. The second-order valence-corrected chi connectivity index (χ2v) is 11.1. The molecule has 3 aromatic carbocycles. The number of nitrogens with zero attached hydrogens (tertiary/aromatic N) is 1. The minimum absolute atomic E-state index is 0.0155. The van der Waals surface area contributed by atoms with E-state index in [1.807, 2.05) is 51.1 Å². The fourth-order valence-corrected chi connectivity index (χ4v) is 4.90. The smallest absolute Gasteiger partial charge is 0.290 e. The molecule has 5 rings (SSSR count). The quantitative estimate of drug-likeness (QED) is 0.244. The lowest BCUT2D eigenvalue weighted by Crippen LogP contribution is -2.30. The second-order valence-electron chi connectivity index (χ2n) is 10.2. The molecule has 0 radical (unpaired) electrons. The number of carbonyl (C=O) groups excluding carboxylic acids is 2. The number of fused-ring (bicyclic) bond motifs is 1. The number of aliphatic hydroxyl groups is 1. The van der Waals surface area contributed by atoms with Gasteiger partial charge in [0.25, 0.3) is 5.91 Å². The average molecular weight is 576 g/mol. The van der Waals surface area contributed by atoms with Gasteiger partial charge in [0.2, 0.25) is 5.78 Å². The Labute approximate surface area is 228 Å². The van der Waals surface area contributed by atoms with Crippen LogP contribution < -0.4 is 4.74 Å². The van der Waals surface area contributed by atoms with Gasteiger partial charge in [0, 0.05) is 16.4 Å². The number of amides is 1. The van der Waals surface area contributed by atoms with E-state index in [0.29, 0.717) is 22.3 Å². The van der Waals surface area contributed by atoms with Gasteiger partial charge in [-0.05, 0) is 80.4 Å². The highest BCUT2D eigenvalue weighted by molar-refractivity contribution is 9.10. The molecule has 0 fully saturated rings. The van der Waals surface area contributed by atoms with E-state index >= 15 is 0 Å². The molecule has 7 nitrogen and oxygen atoms in total. The summed E-state index contributed by atoms with van der Waals surface area (Å²) in [6.45, 7) is 6.01. The van der Waals surface area contributed by atoms with Crippen molar-refractivity contribution >= 4 is 38.6 Å². The summed E-state index contributed by atoms with van der Waals surface area (Å²) in [6.07, 6.45) is 0. The first-order valence-electron chi connectivity index (χ1n) is 12.0. The van der Waals surface area contributed by atoms with E-state index in [9.17, 15) is 19.8 Å². The number of ketones is 1. The normalized spacial score (nSPS) is 15.9. The summed E-state index contributed by atoms with van der Waals surface area (Å²) in [6, 6.07) is 19.6. The number of Topliss-reactive ketones (excluding diaryl/α,β-unsaturated/α-hetero) is 1. The Bertz CT molecular complexity index is 1560. The van der Waals surface area contributed by atoms with Gasteiger partial charge < -0.3 is 24.3 Å². The van der Waals surface area contributed by atoms with Crippen molar-refractivity contribution in [2.45, 2.75) is 39.0 Å². The third kappa shape index (κ3) is 5.04. The van der Waals surface area contributed by atoms with Crippen LogP contribution in [0.3, 0.4) is 0 Å². The zero-order valence-corrected chi connectivity index (χ0v) is 22.7. The standard InChI is InChI=1S/C30H26BrNO6/c1-30(2,3)38-22-11-4-17(5-12-22)16-32-26(18-6-9-21(33)10-7-18)25(28(35)29(32)36)27(34)24-15-19-14-20(31)8-13-23(19)37-24/h4-15,26,33,35H,16H2,1-3H3. The molecule has 0 aliphatic carbocycles. The first-order valence-corrected chi connectivity index (χ1v) is 12.8. The number of benzene rings is 3. The molecule has 2 heterocycles. The number of hydrogen-bond donors (Lipinski definition) is 2. The summed E-state index contributed by atoms with van der Waals surface area (Å²) >= 11 is 3.41. The van der Waals surface area contributed by atoms with Crippen LogP contribution in [0.25, 0.3) is 11.0 Å². The van der Waals surface area contributed by atoms with Gasteiger partial charge in [-0.15, -0.1) is 0 Å². The molecule has 2 N–H and O–H groups in total. The van der Waals surface area contributed by atoms with Crippen LogP contribution in [0, 0.1) is 0 Å². The SMILES string of the molecule is CC(C)(C)Oc1ccc(CN2C(=O)C(O)=C(C(=O)c3cc4cc(Br)ccc4o3)C2c2ccc(O)cc2)cc1. The summed E-state index contributed by atoms with van der Waals surface area (Å²) < 4.78 is 12.5. The van der Waals surface area contributed by atoms with Crippen molar-refractivity contribution < 1.29 is 29.0 Å². The highest BCUT2D eigenvalue weighted by Crippen LogP contribution is 2.41. The first-order chi connectivity index (χ1) is 18.0. The monoisotopic (exact) mass is 575 g/mol. The minimum atomic E-state index is -0.888. The molecule has 194 valence electrons. The molecule has 1 aliphatic rings. The van der Waals surface area contributed by atoms with Crippen molar-refractivity contribution in [3.05, 3.63) is 105 Å². The highest BCUT2D eigenvalue weighted by atomic mass is 79.9. The lowest BCUT2D eigenvalue weighted by Gasteiger charge is -2.27. The highest BCUT2D eigenvalue weighted by Gasteiger charge is 2.44. The van der Waals surface area contributed by atoms with Gasteiger partial charge in [0.15, 0.2) is 11.5 Å². The van der Waals surface area contributed by atoms with Crippen LogP contribution >= 0.6 is 15.9 Å². The van der Waals surface area contributed by atoms with Gasteiger partial charge in [-0.25, -0.2) is 0 Å². The van der Waals surface area contributed by atoms with Crippen molar-refractivity contribution in [2.75, 3.05) is 0 Å². The number of rotatable bonds is 6. The van der Waals surface area contributed by atoms with Crippen LogP contribution in [0.2, 0.25) is 0 Å². The van der Waals surface area contributed by atoms with Crippen molar-refractivity contribution in [3.63, 3.8) is 0 Å². The predicted octanol–water partition coefficient (Wildman–Crippen LogP) is 6.86. The number of hydrogen-bond acceptors (Lipinski definition) is 6. The van der Waals surface area contributed by atoms with E-state index in [0.717, 1.165) is 10.0 Å². The summed E-state index contributed by atoms with van der Waals surface area (Å²) in [5, 5.41) is 21.5. The Morgan fingerprint density at radius 1 is 1.00 bits per heavy atom. The summed E-state index contributed by atoms with van der Waals surface area (Å²) in [4.78, 5) is 28.5. The molecule has 1 unspecified atom stereocenters. The number of aromatic hydroxyl groups is 1. The maximum Gasteiger partial charge on any atom is 0.290 e. The van der Waals surface area contributed by atoms with E-state index in [2.05, 4.69) is 15.9 Å². The summed E-state index contributed by atoms with van der Waals surface area (Å²) in [5.74, 6) is -1.12. The van der Waals surface area contributed by atoms with Gasteiger partial charge >= 0.3 is 0 Å². The molecule has 1 aromatic heterocycles. The number of halogens is 1. The molecule has 0 saturated carbocycles. The Kier molecular flexibility index (Phi) is 6.53. The third-order valence-corrected chi connectivity index (χ3v) is 6.65. The topological polar surface area (TPSA) is 100 Å². The number of ether oxygens (including phenoxy) is 1. The zero-order valence-electron chi connectivity index (χ0n) is 21.1. The van der Waals surface area contributed by atoms with E-state index < -0.39 is 23.5 Å². The molecule has 1 aliphatic heterocycles. The van der Waals surface area contributed by atoms with Crippen LogP contribution in [0.5, 0.6) is 11.5 Å². The molecule has 0 spiro atoms. The number of phenolic OH excluding ortho intramolecular Hbond substituents is 1. The van der Waals surface area contributed by atoms with Crippen LogP contribution in [-0.4, -0.2) is 32.4 Å². The van der Waals surface area contributed by atoms with Crippen LogP contribution in [0.15, 0.2) is 93.0 Å². The lowest BCUT2D eigenvalue weighted by atomic mass is 9.94. The van der Waals surface area contributed by atoms with Crippen LogP contribution in [0.4, 0.5) is 0 Å². The summed E-state index contributed by atoms with van der Waals surface area (Å²) in [7, 11) is 0. The van der Waals surface area contributed by atoms with E-state index in [-0.39, 0.29) is 29.2 Å². The van der Waals surface area contributed by atoms with E-state index in [1.165, 1.54) is 17.0 Å². The third-order valence-electron chi connectivity index (χ3n) is 6.16. The van der Waals surface area contributed by atoms with Crippen molar-refractivity contribution in [1.82, 2.24) is 4.90 Å². The molecule has 38 heavy (non-hydrogen) atoms. The van der Waals surface area contributed by atoms with Gasteiger partial charge in [0.1, 0.15) is 22.7 Å². The Morgan fingerprint density at radius 3 is 2.34 bits per heavy atom. The molecule has 0 saturated heterocycles. The molecule has 1 atom stereocenters. The van der Waals surface area contributed by atoms with Crippen molar-refractivity contribution in [3.8, 4) is 11.5 Å². The van der Waals surface area contributed by atoms with Crippen molar-refractivity contribution in [2.24, 2.45) is 0 Å². The van der Waals surface area contributed by atoms with E-state index in [1.54, 1.807) is 30.3 Å². The molecular weight excluding hydrogens is 550 g/mol. The van der Waals surface area contributed by atoms with Gasteiger partial charge in [-0.1, -0.05) is 40.2 Å². The summed E-state index contributed by atoms with van der Waals surface area (Å²) in [5.41, 5.74) is 1.44. The predicted molar refractivity (Wildman–Crippen MR) is 146 cm³/mol. The Balaban J connectivity index is 1.52. The van der Waals surface area contributed by atoms with E-state index in [4.69, 9.17) is 9.15 Å². The Hall–Kier alpha value is -4.04. The first kappa shape index (κ1) is 25.6. The number of carbonyl (C=O) groups is 2. The molecule has 1 amide bonds. The maximum atomic E-state index is 13.7. The largest absolute Gasteiger partial charge is 0.508 e. The number of aliphatic hydroxyl groups excluding tert-OH is 1. The van der Waals surface area contributed by atoms with Gasteiger partial charge in [-0.2, -0.15) is 0 Å².